The number of aliphatic imine (C=N–C) groups is 1. The van der Waals surface area contributed by atoms with E-state index in [1.165, 1.54) is 17.0 Å². The van der Waals surface area contributed by atoms with Gasteiger partial charge in [0, 0.05) is 29.8 Å². The van der Waals surface area contributed by atoms with Crippen LogP contribution in [0.25, 0.3) is 0 Å². The predicted molar refractivity (Wildman–Crippen MR) is 122 cm³/mol. The van der Waals surface area contributed by atoms with Gasteiger partial charge < -0.3 is 15.4 Å². The van der Waals surface area contributed by atoms with Crippen molar-refractivity contribution in [2.75, 3.05) is 6.54 Å². The molecule has 28 heavy (non-hydrogen) atoms. The van der Waals surface area contributed by atoms with Gasteiger partial charge in [-0.25, -0.2) is 14.4 Å². The smallest absolute Gasteiger partial charge is 0.219 e. The van der Waals surface area contributed by atoms with E-state index in [9.17, 15) is 4.39 Å². The van der Waals surface area contributed by atoms with Crippen molar-refractivity contribution in [3.05, 3.63) is 76.4 Å². The van der Waals surface area contributed by atoms with Gasteiger partial charge in [-0.2, -0.15) is 0 Å². The van der Waals surface area contributed by atoms with E-state index < -0.39 is 0 Å². The molecule has 0 spiro atoms. The third-order valence-corrected chi connectivity index (χ3v) is 4.47. The summed E-state index contributed by atoms with van der Waals surface area (Å²) in [7, 11) is 0. The van der Waals surface area contributed by atoms with Crippen molar-refractivity contribution < 1.29 is 9.13 Å². The lowest BCUT2D eigenvalue weighted by molar-refractivity contribution is 0.457. The van der Waals surface area contributed by atoms with Gasteiger partial charge in [-0.15, -0.1) is 35.3 Å². The Balaban J connectivity index is 0.00000280. The Morgan fingerprint density at radius 1 is 1.18 bits per heavy atom. The number of hydrogen-bond acceptors (Lipinski definition) is 4. The van der Waals surface area contributed by atoms with Crippen LogP contribution in [0, 0.1) is 5.82 Å². The van der Waals surface area contributed by atoms with Crippen molar-refractivity contribution in [1.82, 2.24) is 15.6 Å². The van der Waals surface area contributed by atoms with Gasteiger partial charge in [-0.1, -0.05) is 18.2 Å². The van der Waals surface area contributed by atoms with E-state index in [1.54, 1.807) is 35.7 Å². The average Bonchev–Trinajstić information content (AvgIpc) is 3.19. The summed E-state index contributed by atoms with van der Waals surface area (Å²) in [4.78, 5) is 10.1. The van der Waals surface area contributed by atoms with Gasteiger partial charge in [0.2, 0.25) is 5.88 Å². The summed E-state index contributed by atoms with van der Waals surface area (Å²) in [5.41, 5.74) is 0.954. The molecule has 0 saturated carbocycles. The lowest BCUT2D eigenvalue weighted by Crippen LogP contribution is -2.36. The Bertz CT molecular complexity index is 872. The molecule has 0 atom stereocenters. The Hall–Kier alpha value is -2.20. The standard InChI is InChI=1S/C20H21FN4OS.HI/c1-2-22-20(25-14-18-7-4-10-27-18)24-13-15-8-9-19(23-12-15)26-17-6-3-5-16(21)11-17;/h3-12H,2,13-14H2,1H3,(H2,22,24,25);1H. The summed E-state index contributed by atoms with van der Waals surface area (Å²) < 4.78 is 18.7. The first-order valence-electron chi connectivity index (χ1n) is 8.66. The molecular formula is C20H22FIN4OS. The first kappa shape index (κ1) is 22.1. The summed E-state index contributed by atoms with van der Waals surface area (Å²) >= 11 is 1.71. The molecule has 0 aliphatic carbocycles. The zero-order chi connectivity index (χ0) is 18.9. The van der Waals surface area contributed by atoms with Crippen LogP contribution >= 0.6 is 35.3 Å². The molecule has 1 aromatic carbocycles. The quantitative estimate of drug-likeness (QED) is 0.267. The number of halogens is 2. The molecule has 0 fully saturated rings. The molecule has 0 bridgehead atoms. The monoisotopic (exact) mass is 512 g/mol. The largest absolute Gasteiger partial charge is 0.439 e. The molecule has 0 amide bonds. The molecule has 0 aliphatic rings. The van der Waals surface area contributed by atoms with E-state index >= 15 is 0 Å². The van der Waals surface area contributed by atoms with E-state index in [2.05, 4.69) is 32.1 Å². The number of thiophene rings is 1. The fourth-order valence-corrected chi connectivity index (χ4v) is 2.96. The van der Waals surface area contributed by atoms with Crippen molar-refractivity contribution in [1.29, 1.82) is 0 Å². The number of guanidine groups is 1. The van der Waals surface area contributed by atoms with Crippen LogP contribution in [-0.4, -0.2) is 17.5 Å². The zero-order valence-electron chi connectivity index (χ0n) is 15.4. The van der Waals surface area contributed by atoms with Crippen LogP contribution in [0.4, 0.5) is 4.39 Å². The number of rotatable bonds is 7. The van der Waals surface area contributed by atoms with Crippen LogP contribution < -0.4 is 15.4 Å². The Labute approximate surface area is 185 Å². The van der Waals surface area contributed by atoms with Crippen molar-refractivity contribution in [3.8, 4) is 11.6 Å². The highest BCUT2D eigenvalue weighted by Gasteiger charge is 2.02. The third kappa shape index (κ3) is 7.08. The number of aromatic nitrogens is 1. The third-order valence-electron chi connectivity index (χ3n) is 3.59. The molecule has 148 valence electrons. The first-order valence-corrected chi connectivity index (χ1v) is 9.54. The summed E-state index contributed by atoms with van der Waals surface area (Å²) in [6.45, 7) is 4.05. The number of nitrogens with zero attached hydrogens (tertiary/aromatic N) is 2. The molecule has 5 nitrogen and oxygen atoms in total. The first-order chi connectivity index (χ1) is 13.2. The second-order valence-corrected chi connectivity index (χ2v) is 6.72. The minimum atomic E-state index is -0.343. The Kier molecular flexibility index (Phi) is 9.15. The van der Waals surface area contributed by atoms with Gasteiger partial charge in [0.15, 0.2) is 5.96 Å². The van der Waals surface area contributed by atoms with Crippen LogP contribution in [0.3, 0.4) is 0 Å². The van der Waals surface area contributed by atoms with Gasteiger partial charge in [-0.05, 0) is 36.1 Å². The van der Waals surface area contributed by atoms with E-state index in [-0.39, 0.29) is 29.8 Å². The zero-order valence-corrected chi connectivity index (χ0v) is 18.5. The maximum Gasteiger partial charge on any atom is 0.219 e. The molecule has 3 rings (SSSR count). The number of pyridine rings is 1. The van der Waals surface area contributed by atoms with E-state index in [0.717, 1.165) is 24.6 Å². The van der Waals surface area contributed by atoms with Crippen molar-refractivity contribution in [2.45, 2.75) is 20.0 Å². The van der Waals surface area contributed by atoms with Gasteiger partial charge >= 0.3 is 0 Å². The highest BCUT2D eigenvalue weighted by atomic mass is 127. The molecule has 8 heteroatoms. The highest BCUT2D eigenvalue weighted by molar-refractivity contribution is 14.0. The van der Waals surface area contributed by atoms with Crippen molar-refractivity contribution in [2.24, 2.45) is 4.99 Å². The fraction of sp³-hybridized carbons (Fsp3) is 0.200. The van der Waals surface area contributed by atoms with Gasteiger partial charge in [0.25, 0.3) is 0 Å². The second kappa shape index (κ2) is 11.6. The molecule has 0 radical (unpaired) electrons. The normalized spacial score (nSPS) is 10.9. The molecule has 2 heterocycles. The molecule has 2 aromatic heterocycles. The Morgan fingerprint density at radius 2 is 2.07 bits per heavy atom. The molecule has 0 saturated heterocycles. The number of hydrogen-bond donors (Lipinski definition) is 2. The lowest BCUT2D eigenvalue weighted by Gasteiger charge is -2.10. The van der Waals surface area contributed by atoms with Crippen LogP contribution in [-0.2, 0) is 13.1 Å². The average molecular weight is 512 g/mol. The summed E-state index contributed by atoms with van der Waals surface area (Å²) in [6.07, 6.45) is 1.71. The molecule has 3 aromatic rings. The molecule has 0 aliphatic heterocycles. The minimum absolute atomic E-state index is 0. The van der Waals surface area contributed by atoms with Crippen LogP contribution in [0.5, 0.6) is 11.6 Å². The minimum Gasteiger partial charge on any atom is -0.439 e. The summed E-state index contributed by atoms with van der Waals surface area (Å²) in [5.74, 6) is 1.24. The van der Waals surface area contributed by atoms with Gasteiger partial charge in [-0.3, -0.25) is 0 Å². The maximum absolute atomic E-state index is 13.2. The van der Waals surface area contributed by atoms with Crippen LogP contribution in [0.1, 0.15) is 17.4 Å². The molecular weight excluding hydrogens is 490 g/mol. The Morgan fingerprint density at radius 3 is 2.75 bits per heavy atom. The topological polar surface area (TPSA) is 58.5 Å². The van der Waals surface area contributed by atoms with Crippen molar-refractivity contribution >= 4 is 41.3 Å². The maximum atomic E-state index is 13.2. The van der Waals surface area contributed by atoms with Gasteiger partial charge in [0.1, 0.15) is 11.6 Å². The van der Waals surface area contributed by atoms with Crippen LogP contribution in [0.2, 0.25) is 0 Å². The predicted octanol–water partition coefficient (Wildman–Crippen LogP) is 4.95. The van der Waals surface area contributed by atoms with E-state index in [1.807, 2.05) is 19.1 Å². The number of benzene rings is 1. The number of ether oxygens (including phenoxy) is 1. The molecule has 2 N–H and O–H groups in total. The summed E-state index contributed by atoms with van der Waals surface area (Å²) in [5, 5.41) is 8.59. The second-order valence-electron chi connectivity index (χ2n) is 5.69. The SMILES string of the molecule is CCNC(=NCc1ccc(Oc2cccc(F)c2)nc1)NCc1cccs1.I. The number of nitrogens with one attached hydrogen (secondary N) is 2. The van der Waals surface area contributed by atoms with Crippen LogP contribution in [0.15, 0.2) is 65.1 Å². The summed E-state index contributed by atoms with van der Waals surface area (Å²) in [6, 6.07) is 13.7. The van der Waals surface area contributed by atoms with Gasteiger partial charge in [0.05, 0.1) is 13.1 Å². The van der Waals surface area contributed by atoms with E-state index in [0.29, 0.717) is 18.2 Å². The lowest BCUT2D eigenvalue weighted by atomic mass is 10.3. The highest BCUT2D eigenvalue weighted by Crippen LogP contribution is 2.20. The van der Waals surface area contributed by atoms with Crippen molar-refractivity contribution in [3.63, 3.8) is 0 Å². The fourth-order valence-electron chi connectivity index (χ4n) is 2.31. The molecule has 0 unspecified atom stereocenters. The van der Waals surface area contributed by atoms with E-state index in [4.69, 9.17) is 4.74 Å².